The zero-order chi connectivity index (χ0) is 10.9. The standard InChI is InChI=1S/C12H19NO2/c1-2-9-13-10-12(14)15-11-7-5-3-4-6-8-11/h1,11,13H,3-10H2. The zero-order valence-corrected chi connectivity index (χ0v) is 9.13. The van der Waals surface area contributed by atoms with E-state index in [1.165, 1.54) is 25.7 Å². The van der Waals surface area contributed by atoms with E-state index in [1.54, 1.807) is 0 Å². The van der Waals surface area contributed by atoms with Crippen LogP contribution in [0.2, 0.25) is 0 Å². The number of esters is 1. The van der Waals surface area contributed by atoms with Gasteiger partial charge in [0.05, 0.1) is 13.1 Å². The highest BCUT2D eigenvalue weighted by Gasteiger charge is 2.15. The molecule has 0 atom stereocenters. The summed E-state index contributed by atoms with van der Waals surface area (Å²) in [4.78, 5) is 11.3. The van der Waals surface area contributed by atoms with Crippen LogP contribution in [0, 0.1) is 12.3 Å². The van der Waals surface area contributed by atoms with Gasteiger partial charge in [0.2, 0.25) is 0 Å². The fourth-order valence-corrected chi connectivity index (χ4v) is 1.82. The highest BCUT2D eigenvalue weighted by molar-refractivity contribution is 5.71. The van der Waals surface area contributed by atoms with Gasteiger partial charge < -0.3 is 4.74 Å². The van der Waals surface area contributed by atoms with E-state index in [0.29, 0.717) is 6.54 Å². The van der Waals surface area contributed by atoms with E-state index >= 15 is 0 Å². The molecule has 0 radical (unpaired) electrons. The van der Waals surface area contributed by atoms with E-state index in [1.807, 2.05) is 0 Å². The van der Waals surface area contributed by atoms with Crippen LogP contribution >= 0.6 is 0 Å². The summed E-state index contributed by atoms with van der Waals surface area (Å²) >= 11 is 0. The van der Waals surface area contributed by atoms with E-state index in [0.717, 1.165) is 12.8 Å². The Kier molecular flexibility index (Phi) is 5.87. The molecule has 0 heterocycles. The van der Waals surface area contributed by atoms with Gasteiger partial charge in [-0.2, -0.15) is 0 Å². The summed E-state index contributed by atoms with van der Waals surface area (Å²) in [6, 6.07) is 0. The number of terminal acetylenes is 1. The fourth-order valence-electron chi connectivity index (χ4n) is 1.82. The van der Waals surface area contributed by atoms with Crippen molar-refractivity contribution in [2.45, 2.75) is 44.6 Å². The predicted octanol–water partition coefficient (Wildman–Crippen LogP) is 1.48. The zero-order valence-electron chi connectivity index (χ0n) is 9.13. The normalized spacial score (nSPS) is 17.8. The molecule has 0 unspecified atom stereocenters. The molecule has 3 heteroatoms. The molecule has 0 amide bonds. The number of carbonyl (C=O) groups is 1. The largest absolute Gasteiger partial charge is 0.461 e. The molecule has 1 saturated carbocycles. The molecule has 1 N–H and O–H groups in total. The lowest BCUT2D eigenvalue weighted by molar-refractivity contribution is -0.148. The Labute approximate surface area is 91.6 Å². The number of ether oxygens (including phenoxy) is 1. The van der Waals surface area contributed by atoms with E-state index in [-0.39, 0.29) is 18.6 Å². The van der Waals surface area contributed by atoms with Crippen molar-refractivity contribution >= 4 is 5.97 Å². The summed E-state index contributed by atoms with van der Waals surface area (Å²) in [7, 11) is 0. The molecule has 1 aliphatic carbocycles. The van der Waals surface area contributed by atoms with Gasteiger partial charge in [-0.05, 0) is 25.7 Å². The van der Waals surface area contributed by atoms with E-state index in [2.05, 4.69) is 11.2 Å². The van der Waals surface area contributed by atoms with Crippen LogP contribution in [0.1, 0.15) is 38.5 Å². The van der Waals surface area contributed by atoms with Crippen molar-refractivity contribution in [1.29, 1.82) is 0 Å². The minimum atomic E-state index is -0.183. The van der Waals surface area contributed by atoms with Crippen molar-refractivity contribution in [3.63, 3.8) is 0 Å². The third-order valence-corrected chi connectivity index (χ3v) is 2.60. The van der Waals surface area contributed by atoms with Crippen LogP contribution in [-0.2, 0) is 9.53 Å². The number of rotatable bonds is 4. The quantitative estimate of drug-likeness (QED) is 0.330. The van der Waals surface area contributed by atoms with Crippen LogP contribution < -0.4 is 5.32 Å². The SMILES string of the molecule is C#CCNCC(=O)OC1CCCCCC1. The van der Waals surface area contributed by atoms with Crippen LogP contribution in [0.3, 0.4) is 0 Å². The molecule has 15 heavy (non-hydrogen) atoms. The molecule has 0 aliphatic heterocycles. The third-order valence-electron chi connectivity index (χ3n) is 2.60. The van der Waals surface area contributed by atoms with Gasteiger partial charge in [-0.1, -0.05) is 18.8 Å². The predicted molar refractivity (Wildman–Crippen MR) is 59.3 cm³/mol. The van der Waals surface area contributed by atoms with Crippen molar-refractivity contribution in [3.8, 4) is 12.3 Å². The Morgan fingerprint density at radius 1 is 1.33 bits per heavy atom. The highest BCUT2D eigenvalue weighted by atomic mass is 16.5. The van der Waals surface area contributed by atoms with Crippen LogP contribution in [0.15, 0.2) is 0 Å². The molecule has 0 bridgehead atoms. The molecular weight excluding hydrogens is 190 g/mol. The van der Waals surface area contributed by atoms with Gasteiger partial charge in [-0.25, -0.2) is 0 Å². The van der Waals surface area contributed by atoms with Crippen LogP contribution in [-0.4, -0.2) is 25.2 Å². The van der Waals surface area contributed by atoms with Crippen molar-refractivity contribution in [3.05, 3.63) is 0 Å². The molecule has 1 aliphatic rings. The second-order valence-electron chi connectivity index (χ2n) is 3.91. The van der Waals surface area contributed by atoms with Crippen molar-refractivity contribution in [1.82, 2.24) is 5.32 Å². The molecule has 0 aromatic carbocycles. The maximum atomic E-state index is 11.3. The first-order valence-corrected chi connectivity index (χ1v) is 5.66. The number of hydrogen-bond donors (Lipinski definition) is 1. The molecule has 0 aromatic rings. The second kappa shape index (κ2) is 7.30. The van der Waals surface area contributed by atoms with Gasteiger partial charge in [-0.3, -0.25) is 10.1 Å². The molecule has 84 valence electrons. The maximum Gasteiger partial charge on any atom is 0.320 e. The minimum Gasteiger partial charge on any atom is -0.461 e. The van der Waals surface area contributed by atoms with Gasteiger partial charge >= 0.3 is 5.97 Å². The topological polar surface area (TPSA) is 38.3 Å². The monoisotopic (exact) mass is 209 g/mol. The van der Waals surface area contributed by atoms with Crippen molar-refractivity contribution in [2.75, 3.05) is 13.1 Å². The Balaban J connectivity index is 2.15. The average Bonchev–Trinajstić information content (AvgIpc) is 2.47. The molecule has 3 nitrogen and oxygen atoms in total. The Morgan fingerprint density at radius 3 is 2.60 bits per heavy atom. The van der Waals surface area contributed by atoms with E-state index < -0.39 is 0 Å². The van der Waals surface area contributed by atoms with Crippen molar-refractivity contribution < 1.29 is 9.53 Å². The van der Waals surface area contributed by atoms with Crippen LogP contribution in [0.4, 0.5) is 0 Å². The molecule has 1 rings (SSSR count). The molecule has 0 aromatic heterocycles. The smallest absolute Gasteiger partial charge is 0.320 e. The Morgan fingerprint density at radius 2 is 2.00 bits per heavy atom. The first-order chi connectivity index (χ1) is 7.33. The molecule has 0 saturated heterocycles. The molecule has 0 spiro atoms. The number of nitrogens with one attached hydrogen (secondary N) is 1. The lowest BCUT2D eigenvalue weighted by Gasteiger charge is -2.15. The summed E-state index contributed by atoms with van der Waals surface area (Å²) in [5, 5.41) is 2.83. The Hall–Kier alpha value is -1.01. The summed E-state index contributed by atoms with van der Waals surface area (Å²) in [6.45, 7) is 0.639. The van der Waals surface area contributed by atoms with E-state index in [9.17, 15) is 4.79 Å². The Bertz CT molecular complexity index is 224. The van der Waals surface area contributed by atoms with E-state index in [4.69, 9.17) is 11.2 Å². The fraction of sp³-hybridized carbons (Fsp3) is 0.750. The third kappa shape index (κ3) is 5.44. The molecular formula is C12H19NO2. The first kappa shape index (κ1) is 12.1. The molecule has 1 fully saturated rings. The maximum absolute atomic E-state index is 11.3. The van der Waals surface area contributed by atoms with Crippen LogP contribution in [0.25, 0.3) is 0 Å². The lowest BCUT2D eigenvalue weighted by Crippen LogP contribution is -2.28. The highest BCUT2D eigenvalue weighted by Crippen LogP contribution is 2.19. The number of hydrogen-bond acceptors (Lipinski definition) is 3. The van der Waals surface area contributed by atoms with Gasteiger partial charge in [0, 0.05) is 0 Å². The summed E-state index contributed by atoms with van der Waals surface area (Å²) in [5.74, 6) is 2.23. The second-order valence-corrected chi connectivity index (χ2v) is 3.91. The van der Waals surface area contributed by atoms with Gasteiger partial charge in [0.15, 0.2) is 0 Å². The summed E-state index contributed by atoms with van der Waals surface area (Å²) in [5.41, 5.74) is 0. The lowest BCUT2D eigenvalue weighted by atomic mass is 10.1. The van der Waals surface area contributed by atoms with Gasteiger partial charge in [-0.15, -0.1) is 6.42 Å². The number of carbonyl (C=O) groups excluding carboxylic acids is 1. The summed E-state index contributed by atoms with van der Waals surface area (Å²) < 4.78 is 5.35. The van der Waals surface area contributed by atoms with Crippen molar-refractivity contribution in [2.24, 2.45) is 0 Å². The van der Waals surface area contributed by atoms with Gasteiger partial charge in [0.1, 0.15) is 6.10 Å². The minimum absolute atomic E-state index is 0.132. The van der Waals surface area contributed by atoms with Crippen LogP contribution in [0.5, 0.6) is 0 Å². The summed E-state index contributed by atoms with van der Waals surface area (Å²) in [6.07, 6.45) is 12.1. The van der Waals surface area contributed by atoms with Gasteiger partial charge in [0.25, 0.3) is 0 Å². The average molecular weight is 209 g/mol. The first-order valence-electron chi connectivity index (χ1n) is 5.66.